The maximum Gasteiger partial charge on any atom is 0.251 e. The van der Waals surface area contributed by atoms with E-state index >= 15 is 0 Å². The standard InChI is InChI=1S/C18H20N2O/c1-11-4-3-5-15(12(11)2)17(19)14-7-6-13-8-9-20-18(21)16(13)10-14/h3-7,10,17H,8-9,19H2,1-2H3,(H,20,21). The van der Waals surface area contributed by atoms with Crippen LogP contribution >= 0.6 is 0 Å². The predicted octanol–water partition coefficient (Wildman–Crippen LogP) is 2.64. The van der Waals surface area contributed by atoms with Crippen molar-refractivity contribution in [1.29, 1.82) is 0 Å². The molecular weight excluding hydrogens is 260 g/mol. The molecule has 0 saturated carbocycles. The monoisotopic (exact) mass is 280 g/mol. The van der Waals surface area contributed by atoms with E-state index in [1.54, 1.807) is 0 Å². The number of carbonyl (C=O) groups is 1. The number of hydrogen-bond acceptors (Lipinski definition) is 2. The fourth-order valence-corrected chi connectivity index (χ4v) is 2.91. The van der Waals surface area contributed by atoms with Crippen LogP contribution in [0, 0.1) is 13.8 Å². The molecule has 0 bridgehead atoms. The van der Waals surface area contributed by atoms with Gasteiger partial charge in [0.1, 0.15) is 0 Å². The molecule has 3 nitrogen and oxygen atoms in total. The zero-order valence-corrected chi connectivity index (χ0v) is 12.4. The molecule has 1 unspecified atom stereocenters. The summed E-state index contributed by atoms with van der Waals surface area (Å²) in [4.78, 5) is 12.0. The summed E-state index contributed by atoms with van der Waals surface area (Å²) in [5.41, 5.74) is 12.9. The minimum absolute atomic E-state index is 0.00580. The maximum atomic E-state index is 12.0. The van der Waals surface area contributed by atoms with Gasteiger partial charge in [-0.25, -0.2) is 0 Å². The lowest BCUT2D eigenvalue weighted by atomic mass is 9.90. The van der Waals surface area contributed by atoms with Crippen molar-refractivity contribution in [3.8, 4) is 0 Å². The zero-order valence-electron chi connectivity index (χ0n) is 12.4. The third kappa shape index (κ3) is 2.45. The molecule has 0 saturated heterocycles. The molecule has 0 radical (unpaired) electrons. The number of nitrogens with one attached hydrogen (secondary N) is 1. The number of carbonyl (C=O) groups excluding carboxylic acids is 1. The number of benzene rings is 2. The van der Waals surface area contributed by atoms with Gasteiger partial charge in [-0.3, -0.25) is 4.79 Å². The molecule has 1 atom stereocenters. The average molecular weight is 280 g/mol. The first-order valence-electron chi connectivity index (χ1n) is 7.30. The Morgan fingerprint density at radius 3 is 2.81 bits per heavy atom. The van der Waals surface area contributed by atoms with Crippen molar-refractivity contribution in [1.82, 2.24) is 5.32 Å². The van der Waals surface area contributed by atoms with Gasteiger partial charge in [0.25, 0.3) is 5.91 Å². The Morgan fingerprint density at radius 1 is 1.19 bits per heavy atom. The average Bonchev–Trinajstić information content (AvgIpc) is 2.49. The van der Waals surface area contributed by atoms with E-state index < -0.39 is 0 Å². The highest BCUT2D eigenvalue weighted by molar-refractivity contribution is 5.96. The molecule has 0 spiro atoms. The number of fused-ring (bicyclic) bond motifs is 1. The SMILES string of the molecule is Cc1cccc(C(N)c2ccc3c(c2)C(=O)NCC3)c1C. The summed E-state index contributed by atoms with van der Waals surface area (Å²) < 4.78 is 0. The molecule has 0 aromatic heterocycles. The summed E-state index contributed by atoms with van der Waals surface area (Å²) in [6, 6.07) is 12.0. The fourth-order valence-electron chi connectivity index (χ4n) is 2.91. The summed E-state index contributed by atoms with van der Waals surface area (Å²) in [5, 5.41) is 2.88. The first-order valence-corrected chi connectivity index (χ1v) is 7.30. The molecule has 21 heavy (non-hydrogen) atoms. The summed E-state index contributed by atoms with van der Waals surface area (Å²) >= 11 is 0. The third-order valence-corrected chi connectivity index (χ3v) is 4.40. The summed E-state index contributed by atoms with van der Waals surface area (Å²) in [7, 11) is 0. The smallest absolute Gasteiger partial charge is 0.251 e. The molecule has 2 aromatic carbocycles. The summed E-state index contributed by atoms with van der Waals surface area (Å²) in [6.07, 6.45) is 0.889. The Kier molecular flexibility index (Phi) is 3.52. The Morgan fingerprint density at radius 2 is 2.00 bits per heavy atom. The van der Waals surface area contributed by atoms with E-state index in [-0.39, 0.29) is 11.9 Å². The van der Waals surface area contributed by atoms with Crippen molar-refractivity contribution in [2.45, 2.75) is 26.3 Å². The minimum Gasteiger partial charge on any atom is -0.352 e. The van der Waals surface area contributed by atoms with Crippen LogP contribution in [0.3, 0.4) is 0 Å². The topological polar surface area (TPSA) is 55.1 Å². The van der Waals surface area contributed by atoms with Gasteiger partial charge in [-0.05, 0) is 54.2 Å². The van der Waals surface area contributed by atoms with Crippen LogP contribution in [0.25, 0.3) is 0 Å². The third-order valence-electron chi connectivity index (χ3n) is 4.40. The summed E-state index contributed by atoms with van der Waals surface area (Å²) in [5.74, 6) is 0.00580. The highest BCUT2D eigenvalue weighted by Gasteiger charge is 2.19. The number of amides is 1. The molecule has 2 aromatic rings. The Labute approximate surface area is 125 Å². The van der Waals surface area contributed by atoms with E-state index in [4.69, 9.17) is 5.73 Å². The van der Waals surface area contributed by atoms with Gasteiger partial charge in [-0.15, -0.1) is 0 Å². The van der Waals surface area contributed by atoms with Gasteiger partial charge in [0.05, 0.1) is 6.04 Å². The van der Waals surface area contributed by atoms with Gasteiger partial charge in [-0.2, -0.15) is 0 Å². The van der Waals surface area contributed by atoms with Crippen LogP contribution in [0.2, 0.25) is 0 Å². The molecule has 1 amide bonds. The van der Waals surface area contributed by atoms with Crippen molar-refractivity contribution in [3.63, 3.8) is 0 Å². The van der Waals surface area contributed by atoms with E-state index in [0.29, 0.717) is 6.54 Å². The lowest BCUT2D eigenvalue weighted by Gasteiger charge is -2.21. The molecular formula is C18H20N2O. The van der Waals surface area contributed by atoms with Crippen molar-refractivity contribution >= 4 is 5.91 Å². The minimum atomic E-state index is -0.204. The molecule has 0 aliphatic carbocycles. The number of rotatable bonds is 2. The molecule has 3 N–H and O–H groups in total. The quantitative estimate of drug-likeness (QED) is 0.888. The van der Waals surface area contributed by atoms with Gasteiger partial charge in [0.2, 0.25) is 0 Å². The van der Waals surface area contributed by atoms with E-state index in [0.717, 1.165) is 28.7 Å². The van der Waals surface area contributed by atoms with Crippen LogP contribution in [0.1, 0.15) is 44.2 Å². The maximum absolute atomic E-state index is 12.0. The van der Waals surface area contributed by atoms with Gasteiger partial charge in [0.15, 0.2) is 0 Å². The van der Waals surface area contributed by atoms with Crippen molar-refractivity contribution in [2.24, 2.45) is 5.73 Å². The van der Waals surface area contributed by atoms with Crippen LogP contribution in [0.4, 0.5) is 0 Å². The molecule has 1 aliphatic heterocycles. The van der Waals surface area contributed by atoms with Gasteiger partial charge < -0.3 is 11.1 Å². The Bertz CT molecular complexity index is 706. The fraction of sp³-hybridized carbons (Fsp3) is 0.278. The van der Waals surface area contributed by atoms with Crippen molar-refractivity contribution in [3.05, 3.63) is 69.8 Å². The van der Waals surface area contributed by atoms with Gasteiger partial charge in [-0.1, -0.05) is 30.3 Å². The van der Waals surface area contributed by atoms with Gasteiger partial charge >= 0.3 is 0 Å². The van der Waals surface area contributed by atoms with E-state index in [9.17, 15) is 4.79 Å². The predicted molar refractivity (Wildman–Crippen MR) is 84.4 cm³/mol. The van der Waals surface area contributed by atoms with Crippen LogP contribution in [0.5, 0.6) is 0 Å². The second kappa shape index (κ2) is 5.34. The lowest BCUT2D eigenvalue weighted by Crippen LogP contribution is -2.32. The molecule has 0 fully saturated rings. The van der Waals surface area contributed by atoms with Crippen molar-refractivity contribution in [2.75, 3.05) is 6.54 Å². The first kappa shape index (κ1) is 13.8. The number of hydrogen-bond donors (Lipinski definition) is 2. The second-order valence-electron chi connectivity index (χ2n) is 5.69. The van der Waals surface area contributed by atoms with E-state index in [1.165, 1.54) is 11.1 Å². The Hall–Kier alpha value is -2.13. The zero-order chi connectivity index (χ0) is 15.0. The molecule has 3 rings (SSSR count). The first-order chi connectivity index (χ1) is 10.1. The van der Waals surface area contributed by atoms with Crippen LogP contribution in [0.15, 0.2) is 36.4 Å². The summed E-state index contributed by atoms with van der Waals surface area (Å²) in [6.45, 7) is 4.90. The highest BCUT2D eigenvalue weighted by atomic mass is 16.1. The highest BCUT2D eigenvalue weighted by Crippen LogP contribution is 2.27. The Balaban J connectivity index is 2.02. The second-order valence-corrected chi connectivity index (χ2v) is 5.69. The molecule has 108 valence electrons. The van der Waals surface area contributed by atoms with Crippen LogP contribution < -0.4 is 11.1 Å². The molecule has 3 heteroatoms. The number of nitrogens with two attached hydrogens (primary N) is 1. The van der Waals surface area contributed by atoms with Crippen molar-refractivity contribution < 1.29 is 4.79 Å². The van der Waals surface area contributed by atoms with Crippen LogP contribution in [-0.4, -0.2) is 12.5 Å². The van der Waals surface area contributed by atoms with Crippen LogP contribution in [-0.2, 0) is 6.42 Å². The number of aryl methyl sites for hydroxylation is 1. The molecule has 1 aliphatic rings. The van der Waals surface area contributed by atoms with E-state index in [1.807, 2.05) is 24.3 Å². The molecule has 1 heterocycles. The van der Waals surface area contributed by atoms with E-state index in [2.05, 4.69) is 31.3 Å². The lowest BCUT2D eigenvalue weighted by molar-refractivity contribution is 0.0946. The normalized spacial score (nSPS) is 15.3. The van der Waals surface area contributed by atoms with Gasteiger partial charge in [0, 0.05) is 12.1 Å². The largest absolute Gasteiger partial charge is 0.352 e.